The maximum Gasteiger partial charge on any atom is 0.0973 e. The van der Waals surface area contributed by atoms with E-state index in [-0.39, 0.29) is 4.75 Å². The Morgan fingerprint density at radius 2 is 2.21 bits per heavy atom. The molecule has 0 bridgehead atoms. The van der Waals surface area contributed by atoms with Gasteiger partial charge in [0.25, 0.3) is 0 Å². The lowest BCUT2D eigenvalue weighted by Gasteiger charge is -2.17. The molecule has 1 rings (SSSR count). The summed E-state index contributed by atoms with van der Waals surface area (Å²) in [6.07, 6.45) is 0. The molecule has 1 heterocycles. The Morgan fingerprint density at radius 3 is 2.64 bits per heavy atom. The zero-order chi connectivity index (χ0) is 10.8. The number of nitrogens with one attached hydrogen (secondary N) is 1. The van der Waals surface area contributed by atoms with Crippen LogP contribution in [0.3, 0.4) is 0 Å². The van der Waals surface area contributed by atoms with Gasteiger partial charge >= 0.3 is 0 Å². The van der Waals surface area contributed by atoms with Crippen LogP contribution < -0.4 is 4.72 Å². The molecule has 14 heavy (non-hydrogen) atoms. The van der Waals surface area contributed by atoms with E-state index < -0.39 is 11.0 Å². The summed E-state index contributed by atoms with van der Waals surface area (Å²) in [6.45, 7) is 6.54. The highest BCUT2D eigenvalue weighted by molar-refractivity contribution is 9.10. The molecule has 0 aliphatic heterocycles. The van der Waals surface area contributed by atoms with Crippen LogP contribution in [0.15, 0.2) is 15.9 Å². The SMILES string of the molecule is CC(C)(C)[S@](=O)NCc1cc(Br)cs1. The Morgan fingerprint density at radius 1 is 1.57 bits per heavy atom. The summed E-state index contributed by atoms with van der Waals surface area (Å²) in [6, 6.07) is 2.04. The first-order valence-corrected chi connectivity index (χ1v) is 7.10. The molecule has 5 heteroatoms. The van der Waals surface area contributed by atoms with Crippen molar-refractivity contribution in [2.45, 2.75) is 32.1 Å². The fraction of sp³-hybridized carbons (Fsp3) is 0.556. The highest BCUT2D eigenvalue weighted by atomic mass is 79.9. The van der Waals surface area contributed by atoms with Crippen molar-refractivity contribution in [2.24, 2.45) is 0 Å². The summed E-state index contributed by atoms with van der Waals surface area (Å²) in [7, 11) is -0.987. The Labute approximate surface area is 99.8 Å². The van der Waals surface area contributed by atoms with E-state index in [0.29, 0.717) is 6.54 Å². The van der Waals surface area contributed by atoms with Crippen LogP contribution in [-0.2, 0) is 17.5 Å². The van der Waals surface area contributed by atoms with Crippen molar-refractivity contribution in [3.63, 3.8) is 0 Å². The van der Waals surface area contributed by atoms with Crippen LogP contribution in [0.25, 0.3) is 0 Å². The molecule has 1 N–H and O–H groups in total. The van der Waals surface area contributed by atoms with Gasteiger partial charge < -0.3 is 0 Å². The first kappa shape index (κ1) is 12.4. The van der Waals surface area contributed by atoms with Gasteiger partial charge in [-0.3, -0.25) is 0 Å². The molecule has 0 aliphatic rings. The lowest BCUT2D eigenvalue weighted by Crippen LogP contribution is -2.32. The summed E-state index contributed by atoms with van der Waals surface area (Å²) in [5.41, 5.74) is 0. The molecule has 0 saturated heterocycles. The molecule has 0 spiro atoms. The van der Waals surface area contributed by atoms with E-state index in [2.05, 4.69) is 20.7 Å². The van der Waals surface area contributed by atoms with E-state index in [0.717, 1.165) is 4.47 Å². The molecule has 1 atom stereocenters. The van der Waals surface area contributed by atoms with Crippen molar-refractivity contribution in [1.29, 1.82) is 0 Å². The molecule has 0 unspecified atom stereocenters. The van der Waals surface area contributed by atoms with E-state index >= 15 is 0 Å². The van der Waals surface area contributed by atoms with Crippen molar-refractivity contribution in [3.05, 3.63) is 20.8 Å². The molecule has 0 amide bonds. The van der Waals surface area contributed by atoms with Crippen LogP contribution in [0, 0.1) is 0 Å². The van der Waals surface area contributed by atoms with Crippen LogP contribution in [-0.4, -0.2) is 8.96 Å². The molecule has 80 valence electrons. The summed E-state index contributed by atoms with van der Waals surface area (Å²) in [5.74, 6) is 0. The van der Waals surface area contributed by atoms with Crippen molar-refractivity contribution in [3.8, 4) is 0 Å². The molecule has 0 saturated carbocycles. The fourth-order valence-corrected chi connectivity index (χ4v) is 3.00. The predicted molar refractivity (Wildman–Crippen MR) is 66.8 cm³/mol. The summed E-state index contributed by atoms with van der Waals surface area (Å²) in [4.78, 5) is 1.19. The average Bonchev–Trinajstić information content (AvgIpc) is 2.45. The van der Waals surface area contributed by atoms with E-state index in [1.54, 1.807) is 11.3 Å². The number of halogens is 1. The Kier molecular flexibility index (Phi) is 4.30. The lowest BCUT2D eigenvalue weighted by molar-refractivity contribution is 0.635. The van der Waals surface area contributed by atoms with Crippen LogP contribution in [0.5, 0.6) is 0 Å². The van der Waals surface area contributed by atoms with Gasteiger partial charge in [-0.15, -0.1) is 11.3 Å². The molecule has 0 fully saturated rings. The van der Waals surface area contributed by atoms with Gasteiger partial charge in [-0.05, 0) is 42.8 Å². The van der Waals surface area contributed by atoms with Gasteiger partial charge in [0.15, 0.2) is 0 Å². The average molecular weight is 296 g/mol. The van der Waals surface area contributed by atoms with E-state index in [1.165, 1.54) is 4.88 Å². The molecule has 1 aromatic heterocycles. The maximum atomic E-state index is 11.6. The molecular weight excluding hydrogens is 282 g/mol. The molecule has 1 aromatic rings. The number of rotatable bonds is 3. The second-order valence-corrected chi connectivity index (χ2v) is 7.90. The van der Waals surface area contributed by atoms with Crippen LogP contribution in [0.4, 0.5) is 0 Å². The molecule has 0 aliphatic carbocycles. The Hall–Kier alpha value is 0.290. The summed E-state index contributed by atoms with van der Waals surface area (Å²) >= 11 is 5.04. The minimum atomic E-state index is -0.987. The van der Waals surface area contributed by atoms with E-state index in [9.17, 15) is 4.21 Å². The lowest BCUT2D eigenvalue weighted by atomic mass is 10.3. The molecule has 0 radical (unpaired) electrons. The number of thiophene rings is 1. The van der Waals surface area contributed by atoms with E-state index in [1.807, 2.05) is 32.2 Å². The third-order valence-electron chi connectivity index (χ3n) is 1.56. The highest BCUT2D eigenvalue weighted by Crippen LogP contribution is 2.20. The molecule has 2 nitrogen and oxygen atoms in total. The summed E-state index contributed by atoms with van der Waals surface area (Å²) in [5, 5.41) is 2.02. The zero-order valence-electron chi connectivity index (χ0n) is 8.46. The third-order valence-corrected chi connectivity index (χ3v) is 4.77. The monoisotopic (exact) mass is 295 g/mol. The van der Waals surface area contributed by atoms with Crippen LogP contribution in [0.1, 0.15) is 25.6 Å². The van der Waals surface area contributed by atoms with Gasteiger partial charge in [-0.25, -0.2) is 8.93 Å². The third kappa shape index (κ3) is 3.81. The Bertz CT molecular complexity index is 330. The largest absolute Gasteiger partial charge is 0.242 e. The molecular formula is C9H14BrNOS2. The van der Waals surface area contributed by atoms with Crippen LogP contribution in [0.2, 0.25) is 0 Å². The van der Waals surface area contributed by atoms with Gasteiger partial charge in [0.05, 0.1) is 15.7 Å². The Balaban J connectivity index is 2.46. The summed E-state index contributed by atoms with van der Waals surface area (Å²) < 4.78 is 15.5. The maximum absolute atomic E-state index is 11.6. The van der Waals surface area contributed by atoms with Gasteiger partial charge in [0, 0.05) is 21.3 Å². The minimum absolute atomic E-state index is 0.200. The van der Waals surface area contributed by atoms with Crippen LogP contribution >= 0.6 is 27.3 Å². The first-order valence-electron chi connectivity index (χ1n) is 4.28. The van der Waals surface area contributed by atoms with Gasteiger partial charge in [-0.2, -0.15) is 0 Å². The first-order chi connectivity index (χ1) is 6.39. The highest BCUT2D eigenvalue weighted by Gasteiger charge is 2.18. The smallest absolute Gasteiger partial charge is 0.0973 e. The molecule has 0 aromatic carbocycles. The quantitative estimate of drug-likeness (QED) is 0.912. The van der Waals surface area contributed by atoms with Crippen molar-refractivity contribution in [1.82, 2.24) is 4.72 Å². The zero-order valence-corrected chi connectivity index (χ0v) is 11.7. The standard InChI is InChI=1S/C9H14BrNOS2/c1-9(2,3)14(12)11-5-8-4-7(10)6-13-8/h4,6,11H,5H2,1-3H3/t14-/m0/s1. The van der Waals surface area contributed by atoms with Crippen molar-refractivity contribution >= 4 is 38.3 Å². The second kappa shape index (κ2) is 4.88. The normalized spacial score (nSPS) is 14.3. The minimum Gasteiger partial charge on any atom is -0.242 e. The van der Waals surface area contributed by atoms with Gasteiger partial charge in [-0.1, -0.05) is 0 Å². The number of hydrogen-bond acceptors (Lipinski definition) is 2. The van der Waals surface area contributed by atoms with E-state index in [4.69, 9.17) is 0 Å². The van der Waals surface area contributed by atoms with Gasteiger partial charge in [0.2, 0.25) is 0 Å². The number of hydrogen-bond donors (Lipinski definition) is 1. The predicted octanol–water partition coefficient (Wildman–Crippen LogP) is 3.06. The van der Waals surface area contributed by atoms with Crippen molar-refractivity contribution in [2.75, 3.05) is 0 Å². The second-order valence-electron chi connectivity index (χ2n) is 3.93. The topological polar surface area (TPSA) is 29.1 Å². The van der Waals surface area contributed by atoms with Crippen molar-refractivity contribution < 1.29 is 4.21 Å². The van der Waals surface area contributed by atoms with Gasteiger partial charge in [0.1, 0.15) is 0 Å². The fourth-order valence-electron chi connectivity index (χ4n) is 0.800.